The van der Waals surface area contributed by atoms with E-state index >= 15 is 0 Å². The van der Waals surface area contributed by atoms with Crippen LogP contribution in [0.2, 0.25) is 5.02 Å². The van der Waals surface area contributed by atoms with Gasteiger partial charge in [0.15, 0.2) is 0 Å². The normalized spacial score (nSPS) is 10.6. The molecule has 0 N–H and O–H groups in total. The first-order valence-electron chi connectivity index (χ1n) is 5.20. The molecule has 0 unspecified atom stereocenters. The van der Waals surface area contributed by atoms with E-state index in [0.29, 0.717) is 10.4 Å². The molecule has 86 valence electrons. The van der Waals surface area contributed by atoms with Crippen LogP contribution in [0.5, 0.6) is 0 Å². The predicted molar refractivity (Wildman–Crippen MR) is 76.6 cm³/mol. The van der Waals surface area contributed by atoms with Crippen LogP contribution in [0.3, 0.4) is 0 Å². The average molecular weight is 269 g/mol. The molecule has 0 saturated carbocycles. The van der Waals surface area contributed by atoms with Crippen molar-refractivity contribution in [1.29, 1.82) is 0 Å². The molecule has 3 rings (SSSR count). The molecule has 2 heterocycles. The SMILES string of the molecule is Cn1c(=O)c2cnccc2c2ccc(Cl)cc21.[NaH]. The van der Waals surface area contributed by atoms with Gasteiger partial charge in [0.05, 0.1) is 10.9 Å². The van der Waals surface area contributed by atoms with E-state index in [9.17, 15) is 4.79 Å². The second-order valence-corrected chi connectivity index (χ2v) is 4.38. The fraction of sp³-hybridized carbons (Fsp3) is 0.0769. The van der Waals surface area contributed by atoms with Gasteiger partial charge in [0.25, 0.3) is 5.56 Å². The Balaban J connectivity index is 0.00000120. The van der Waals surface area contributed by atoms with E-state index in [1.54, 1.807) is 30.1 Å². The van der Waals surface area contributed by atoms with Crippen molar-refractivity contribution in [3.63, 3.8) is 0 Å². The zero-order chi connectivity index (χ0) is 12.0. The zero-order valence-corrected chi connectivity index (χ0v) is 9.90. The molecule has 3 aromatic rings. The van der Waals surface area contributed by atoms with Crippen LogP contribution in [0.15, 0.2) is 41.5 Å². The Morgan fingerprint density at radius 1 is 1.17 bits per heavy atom. The summed E-state index contributed by atoms with van der Waals surface area (Å²) in [6, 6.07) is 7.42. The fourth-order valence-corrected chi connectivity index (χ4v) is 2.27. The van der Waals surface area contributed by atoms with E-state index in [1.807, 2.05) is 18.2 Å². The summed E-state index contributed by atoms with van der Waals surface area (Å²) in [6.07, 6.45) is 3.29. The van der Waals surface area contributed by atoms with Crippen molar-refractivity contribution < 1.29 is 0 Å². The molecule has 0 saturated heterocycles. The van der Waals surface area contributed by atoms with Crippen LogP contribution < -0.4 is 5.56 Å². The minimum atomic E-state index is -0.0529. The summed E-state index contributed by atoms with van der Waals surface area (Å²) in [6.45, 7) is 0. The summed E-state index contributed by atoms with van der Waals surface area (Å²) in [7, 11) is 1.74. The van der Waals surface area contributed by atoms with Crippen molar-refractivity contribution >= 4 is 62.8 Å². The number of benzene rings is 1. The quantitative estimate of drug-likeness (QED) is 0.462. The van der Waals surface area contributed by atoms with Crippen molar-refractivity contribution in [3.05, 3.63) is 52.0 Å². The van der Waals surface area contributed by atoms with Crippen LogP contribution in [0.1, 0.15) is 0 Å². The van der Waals surface area contributed by atoms with E-state index in [0.717, 1.165) is 16.3 Å². The minimum absolute atomic E-state index is 0. The van der Waals surface area contributed by atoms with E-state index in [2.05, 4.69) is 4.98 Å². The zero-order valence-electron chi connectivity index (χ0n) is 9.14. The van der Waals surface area contributed by atoms with Gasteiger partial charge in [0.1, 0.15) is 0 Å². The third kappa shape index (κ3) is 1.97. The standard InChI is InChI=1S/C13H9ClN2O.Na.H/c1-16-12-6-8(14)2-3-10(12)9-4-5-15-7-11(9)13(16)17;;/h2-7H,1H3;;. The first-order chi connectivity index (χ1) is 8.18. The van der Waals surface area contributed by atoms with E-state index < -0.39 is 0 Å². The summed E-state index contributed by atoms with van der Waals surface area (Å²) in [5.41, 5.74) is 0.782. The van der Waals surface area contributed by atoms with Gasteiger partial charge in [-0.2, -0.15) is 0 Å². The number of nitrogens with zero attached hydrogens (tertiary/aromatic N) is 2. The molecule has 0 atom stereocenters. The molecule has 0 fully saturated rings. The van der Waals surface area contributed by atoms with Gasteiger partial charge < -0.3 is 4.57 Å². The van der Waals surface area contributed by atoms with Crippen molar-refractivity contribution in [2.24, 2.45) is 7.05 Å². The summed E-state index contributed by atoms with van der Waals surface area (Å²) < 4.78 is 1.60. The van der Waals surface area contributed by atoms with Gasteiger partial charge in [0, 0.05) is 29.9 Å². The van der Waals surface area contributed by atoms with Gasteiger partial charge in [-0.15, -0.1) is 0 Å². The number of rotatable bonds is 0. The maximum absolute atomic E-state index is 12.1. The number of hydrogen-bond acceptors (Lipinski definition) is 2. The Kier molecular flexibility index (Phi) is 3.78. The first-order valence-corrected chi connectivity index (χ1v) is 5.58. The van der Waals surface area contributed by atoms with E-state index in [4.69, 9.17) is 11.6 Å². The second-order valence-electron chi connectivity index (χ2n) is 3.95. The maximum atomic E-state index is 12.1. The molecular weight excluding hydrogens is 259 g/mol. The Bertz CT molecular complexity index is 798. The molecule has 0 aliphatic heterocycles. The molecule has 0 amide bonds. The van der Waals surface area contributed by atoms with Crippen LogP contribution in [-0.4, -0.2) is 39.1 Å². The molecule has 3 nitrogen and oxygen atoms in total. The monoisotopic (exact) mass is 268 g/mol. The molecule has 1 aromatic carbocycles. The van der Waals surface area contributed by atoms with Crippen LogP contribution in [0.4, 0.5) is 0 Å². The van der Waals surface area contributed by atoms with Gasteiger partial charge in [-0.05, 0) is 23.6 Å². The van der Waals surface area contributed by atoms with Gasteiger partial charge in [-0.3, -0.25) is 9.78 Å². The molecule has 0 aliphatic rings. The number of aryl methyl sites for hydroxylation is 1. The Labute approximate surface area is 131 Å². The summed E-state index contributed by atoms with van der Waals surface area (Å²) in [5, 5.41) is 3.18. The van der Waals surface area contributed by atoms with Gasteiger partial charge in [0.2, 0.25) is 0 Å². The third-order valence-electron chi connectivity index (χ3n) is 2.97. The van der Waals surface area contributed by atoms with Crippen molar-refractivity contribution in [3.8, 4) is 0 Å². The molecular formula is C13H10ClN2NaO. The number of fused-ring (bicyclic) bond motifs is 3. The van der Waals surface area contributed by atoms with Crippen LogP contribution >= 0.6 is 11.6 Å². The topological polar surface area (TPSA) is 34.9 Å². The van der Waals surface area contributed by atoms with Crippen LogP contribution in [-0.2, 0) is 7.05 Å². The summed E-state index contributed by atoms with van der Waals surface area (Å²) in [4.78, 5) is 16.1. The fourth-order valence-electron chi connectivity index (χ4n) is 2.10. The number of halogens is 1. The van der Waals surface area contributed by atoms with Gasteiger partial charge in [-0.25, -0.2) is 0 Å². The molecule has 0 spiro atoms. The van der Waals surface area contributed by atoms with Crippen molar-refractivity contribution in [1.82, 2.24) is 9.55 Å². The van der Waals surface area contributed by atoms with Crippen molar-refractivity contribution in [2.75, 3.05) is 0 Å². The molecule has 18 heavy (non-hydrogen) atoms. The second kappa shape index (κ2) is 5.02. The van der Waals surface area contributed by atoms with Crippen molar-refractivity contribution in [2.45, 2.75) is 0 Å². The van der Waals surface area contributed by atoms with E-state index in [-0.39, 0.29) is 35.1 Å². The number of pyridine rings is 2. The summed E-state index contributed by atoms with van der Waals surface area (Å²) in [5.74, 6) is 0. The molecule has 2 aromatic heterocycles. The molecule has 0 aliphatic carbocycles. The average Bonchev–Trinajstić information content (AvgIpc) is 2.36. The number of hydrogen-bond donors (Lipinski definition) is 0. The van der Waals surface area contributed by atoms with Crippen LogP contribution in [0.25, 0.3) is 21.7 Å². The van der Waals surface area contributed by atoms with E-state index in [1.165, 1.54) is 0 Å². The first kappa shape index (κ1) is 13.6. The Morgan fingerprint density at radius 3 is 2.72 bits per heavy atom. The molecule has 0 bridgehead atoms. The molecule has 5 heteroatoms. The molecule has 0 radical (unpaired) electrons. The van der Waals surface area contributed by atoms with Gasteiger partial charge >= 0.3 is 29.6 Å². The number of aromatic nitrogens is 2. The third-order valence-corrected chi connectivity index (χ3v) is 3.20. The predicted octanol–water partition coefficient (Wildman–Crippen LogP) is 2.09. The Morgan fingerprint density at radius 2 is 1.94 bits per heavy atom. The Hall–Kier alpha value is -0.870. The van der Waals surface area contributed by atoms with Crippen LogP contribution in [0, 0.1) is 0 Å². The summed E-state index contributed by atoms with van der Waals surface area (Å²) >= 11 is 5.97. The van der Waals surface area contributed by atoms with Gasteiger partial charge in [-0.1, -0.05) is 17.7 Å².